The molecule has 0 aliphatic heterocycles. The first-order chi connectivity index (χ1) is 17.0. The first-order valence-corrected chi connectivity index (χ1v) is 13.1. The average Bonchev–Trinajstić information content (AvgIpc) is 3.24. The summed E-state index contributed by atoms with van der Waals surface area (Å²) >= 11 is 2.88. The number of rotatable bonds is 5. The fraction of sp³-hybridized carbons (Fsp3) is 0.320. The molecular formula is C25H30N6O3S2. The zero-order valence-corrected chi connectivity index (χ0v) is 22.8. The molecule has 0 saturated heterocycles. The highest BCUT2D eigenvalue weighted by Gasteiger charge is 2.22. The summed E-state index contributed by atoms with van der Waals surface area (Å²) in [5, 5.41) is 8.92. The summed E-state index contributed by atoms with van der Waals surface area (Å²) in [5.41, 5.74) is 1.43. The molecule has 190 valence electrons. The molecule has 0 unspecified atom stereocenters. The van der Waals surface area contributed by atoms with Crippen LogP contribution in [0.1, 0.15) is 40.3 Å². The number of hydrogen-bond donors (Lipinski definition) is 1. The van der Waals surface area contributed by atoms with Crippen molar-refractivity contribution in [2.75, 3.05) is 23.5 Å². The maximum atomic E-state index is 11.8. The number of nitrogen functional groups attached to an aromatic ring is 1. The van der Waals surface area contributed by atoms with Crippen LogP contribution in [0.5, 0.6) is 10.9 Å². The Bertz CT molecular complexity index is 1380. The molecule has 0 aliphatic rings. The van der Waals surface area contributed by atoms with Crippen molar-refractivity contribution in [3.63, 3.8) is 0 Å². The lowest BCUT2D eigenvalue weighted by Gasteiger charge is -2.18. The van der Waals surface area contributed by atoms with Crippen LogP contribution in [0.15, 0.2) is 58.5 Å². The lowest BCUT2D eigenvalue weighted by molar-refractivity contribution is -0.116. The third kappa shape index (κ3) is 6.41. The van der Waals surface area contributed by atoms with E-state index in [1.807, 2.05) is 76.2 Å². The zero-order chi connectivity index (χ0) is 26.5. The fourth-order valence-electron chi connectivity index (χ4n) is 3.06. The smallest absolute Gasteiger partial charge is 0.295 e. The molecule has 1 amide bonds. The van der Waals surface area contributed by atoms with Crippen molar-refractivity contribution in [3.8, 4) is 10.9 Å². The van der Waals surface area contributed by atoms with Gasteiger partial charge in [-0.3, -0.25) is 9.59 Å². The van der Waals surface area contributed by atoms with Crippen LogP contribution in [-0.4, -0.2) is 38.6 Å². The number of carbonyl (C=O) groups is 1. The number of nitrogens with two attached hydrogens (primary N) is 1. The van der Waals surface area contributed by atoms with Crippen molar-refractivity contribution in [1.82, 2.24) is 19.9 Å². The molecule has 4 rings (SSSR count). The molecule has 0 spiro atoms. The maximum absolute atomic E-state index is 11.8. The molecule has 2 heterocycles. The van der Waals surface area contributed by atoms with Gasteiger partial charge in [-0.25, -0.2) is 4.98 Å². The number of thiazole rings is 1. The molecular weight excluding hydrogens is 496 g/mol. The number of ether oxygens (including phenoxy) is 1. The first kappa shape index (κ1) is 27.2. The van der Waals surface area contributed by atoms with E-state index < -0.39 is 0 Å². The minimum Gasteiger partial charge on any atom is -0.429 e. The number of aromatic nitrogens is 4. The Kier molecular flexibility index (Phi) is 8.70. The third-order valence-corrected chi connectivity index (χ3v) is 6.76. The van der Waals surface area contributed by atoms with Crippen molar-refractivity contribution in [2.24, 2.45) is 0 Å². The second-order valence-corrected chi connectivity index (χ2v) is 11.0. The summed E-state index contributed by atoms with van der Waals surface area (Å²) < 4.78 is 8.02. The van der Waals surface area contributed by atoms with Gasteiger partial charge < -0.3 is 15.5 Å². The molecule has 9 nitrogen and oxygen atoms in total. The van der Waals surface area contributed by atoms with E-state index in [4.69, 9.17) is 10.6 Å². The van der Waals surface area contributed by atoms with E-state index in [0.717, 1.165) is 26.3 Å². The van der Waals surface area contributed by atoms with Gasteiger partial charge in [0.15, 0.2) is 5.75 Å². The number of para-hydroxylation sites is 3. The Labute approximate surface area is 218 Å². The minimum absolute atomic E-state index is 0.0460. The van der Waals surface area contributed by atoms with Crippen molar-refractivity contribution < 1.29 is 9.53 Å². The van der Waals surface area contributed by atoms with Gasteiger partial charge in [0.1, 0.15) is 5.69 Å². The largest absolute Gasteiger partial charge is 0.429 e. The van der Waals surface area contributed by atoms with E-state index >= 15 is 0 Å². The number of anilines is 1. The molecule has 0 bridgehead atoms. The monoisotopic (exact) mass is 526 g/mol. The summed E-state index contributed by atoms with van der Waals surface area (Å²) in [7, 11) is 1.73. The number of thioether (sulfide) groups is 1. The van der Waals surface area contributed by atoms with E-state index in [1.165, 1.54) is 30.0 Å². The van der Waals surface area contributed by atoms with E-state index in [1.54, 1.807) is 11.9 Å². The SMILES string of the molecule is CC(=O)N(C)c1ccccc1Oc1nc2ccccc2s1.CCSc1nnc(C(C)(C)C)c(=O)n1N. The average molecular weight is 527 g/mol. The van der Waals surface area contributed by atoms with Crippen LogP contribution in [0, 0.1) is 0 Å². The predicted octanol–water partition coefficient (Wildman–Crippen LogP) is 4.83. The first-order valence-electron chi connectivity index (χ1n) is 11.3. The molecule has 0 saturated carbocycles. The highest BCUT2D eigenvalue weighted by Crippen LogP contribution is 2.35. The maximum Gasteiger partial charge on any atom is 0.295 e. The van der Waals surface area contributed by atoms with Crippen LogP contribution in [0.2, 0.25) is 0 Å². The molecule has 0 fully saturated rings. The van der Waals surface area contributed by atoms with Gasteiger partial charge in [-0.15, -0.1) is 10.2 Å². The van der Waals surface area contributed by atoms with Crippen LogP contribution in [0.25, 0.3) is 10.2 Å². The second-order valence-electron chi connectivity index (χ2n) is 8.78. The Morgan fingerprint density at radius 2 is 1.81 bits per heavy atom. The highest BCUT2D eigenvalue weighted by molar-refractivity contribution is 7.99. The summed E-state index contributed by atoms with van der Waals surface area (Å²) in [6, 6.07) is 15.3. The summed E-state index contributed by atoms with van der Waals surface area (Å²) in [6.45, 7) is 9.21. The van der Waals surface area contributed by atoms with Gasteiger partial charge in [0.05, 0.1) is 15.9 Å². The normalized spacial score (nSPS) is 11.1. The van der Waals surface area contributed by atoms with Crippen molar-refractivity contribution in [3.05, 3.63) is 64.6 Å². The molecule has 2 aromatic heterocycles. The van der Waals surface area contributed by atoms with Gasteiger partial charge in [0.25, 0.3) is 10.8 Å². The van der Waals surface area contributed by atoms with Gasteiger partial charge in [0.2, 0.25) is 11.1 Å². The number of fused-ring (bicyclic) bond motifs is 1. The van der Waals surface area contributed by atoms with Gasteiger partial charge in [-0.1, -0.05) is 75.1 Å². The zero-order valence-electron chi connectivity index (χ0n) is 21.2. The summed E-state index contributed by atoms with van der Waals surface area (Å²) in [5.74, 6) is 7.03. The fourth-order valence-corrected chi connectivity index (χ4v) is 4.47. The second kappa shape index (κ2) is 11.5. The number of amides is 1. The Morgan fingerprint density at radius 3 is 2.44 bits per heavy atom. The van der Waals surface area contributed by atoms with Crippen LogP contribution >= 0.6 is 23.1 Å². The predicted molar refractivity (Wildman–Crippen MR) is 147 cm³/mol. The molecule has 2 aromatic carbocycles. The summed E-state index contributed by atoms with van der Waals surface area (Å²) in [6.07, 6.45) is 0. The van der Waals surface area contributed by atoms with Crippen LogP contribution in [-0.2, 0) is 10.2 Å². The number of hydrogen-bond acceptors (Lipinski definition) is 9. The molecule has 11 heteroatoms. The van der Waals surface area contributed by atoms with Crippen LogP contribution in [0.3, 0.4) is 0 Å². The Hall–Kier alpha value is -3.44. The molecule has 0 radical (unpaired) electrons. The van der Waals surface area contributed by atoms with E-state index in [0.29, 0.717) is 21.8 Å². The van der Waals surface area contributed by atoms with Crippen molar-refractivity contribution in [1.29, 1.82) is 0 Å². The molecule has 2 N–H and O–H groups in total. The van der Waals surface area contributed by atoms with Gasteiger partial charge in [-0.2, -0.15) is 4.68 Å². The lowest BCUT2D eigenvalue weighted by atomic mass is 9.93. The quantitative estimate of drug-likeness (QED) is 0.290. The van der Waals surface area contributed by atoms with E-state index in [2.05, 4.69) is 15.2 Å². The van der Waals surface area contributed by atoms with Gasteiger partial charge in [-0.05, 0) is 30.0 Å². The van der Waals surface area contributed by atoms with Crippen LogP contribution in [0.4, 0.5) is 5.69 Å². The van der Waals surface area contributed by atoms with Gasteiger partial charge >= 0.3 is 0 Å². The highest BCUT2D eigenvalue weighted by atomic mass is 32.2. The molecule has 0 atom stereocenters. The Balaban J connectivity index is 0.000000214. The number of benzene rings is 2. The van der Waals surface area contributed by atoms with Crippen molar-refractivity contribution in [2.45, 2.75) is 45.2 Å². The van der Waals surface area contributed by atoms with E-state index in [-0.39, 0.29) is 16.9 Å². The number of nitrogens with zero attached hydrogens (tertiary/aromatic N) is 5. The minimum atomic E-state index is -0.333. The Morgan fingerprint density at radius 1 is 1.14 bits per heavy atom. The van der Waals surface area contributed by atoms with Crippen molar-refractivity contribution >= 4 is 44.9 Å². The standard InChI is InChI=1S/C16H14N2O2S.C9H16N4OS/c1-11(19)18(2)13-8-4-5-9-14(13)20-16-17-12-7-3-6-10-15(12)21-16;1-5-15-8-12-11-6(9(2,3)4)7(14)13(8)10/h3-10H,1-2H3;5,10H2,1-4H3. The molecule has 36 heavy (non-hydrogen) atoms. The topological polar surface area (TPSA) is 116 Å². The molecule has 4 aromatic rings. The molecule has 0 aliphatic carbocycles. The summed E-state index contributed by atoms with van der Waals surface area (Å²) in [4.78, 5) is 29.4. The van der Waals surface area contributed by atoms with Gasteiger partial charge in [0, 0.05) is 19.4 Å². The third-order valence-electron chi connectivity index (χ3n) is 5.02. The number of carbonyl (C=O) groups excluding carboxylic acids is 1. The van der Waals surface area contributed by atoms with E-state index in [9.17, 15) is 9.59 Å². The van der Waals surface area contributed by atoms with Crippen LogP contribution < -0.4 is 21.0 Å². The lowest BCUT2D eigenvalue weighted by Crippen LogP contribution is -2.37.